The number of ether oxygens (including phenoxy) is 1. The molecule has 1 fully saturated rings. The van der Waals surface area contributed by atoms with Gasteiger partial charge < -0.3 is 14.5 Å². The molecule has 128 valence electrons. The van der Waals surface area contributed by atoms with Crippen molar-refractivity contribution in [2.75, 3.05) is 26.7 Å². The third kappa shape index (κ3) is 3.74. The summed E-state index contributed by atoms with van der Waals surface area (Å²) < 4.78 is 10.7. The molecule has 1 atom stereocenters. The molecular weight excluding hydrogens is 328 g/mol. The Hall–Kier alpha value is -1.98. The first-order chi connectivity index (χ1) is 11.7. The second-order valence-corrected chi connectivity index (χ2v) is 6.24. The van der Waals surface area contributed by atoms with Gasteiger partial charge in [0.15, 0.2) is 0 Å². The minimum absolute atomic E-state index is 0.0557. The van der Waals surface area contributed by atoms with Crippen LogP contribution < -0.4 is 10.1 Å². The van der Waals surface area contributed by atoms with Crippen LogP contribution in [0, 0.1) is 0 Å². The molecule has 24 heavy (non-hydrogen) atoms. The monoisotopic (exact) mass is 348 g/mol. The van der Waals surface area contributed by atoms with Gasteiger partial charge in [-0.2, -0.15) is 0 Å². The van der Waals surface area contributed by atoms with E-state index in [1.807, 2.05) is 12.1 Å². The number of nitrogens with zero attached hydrogens (tertiary/aromatic N) is 1. The molecule has 1 aliphatic heterocycles. The molecule has 2 heterocycles. The molecule has 1 aromatic heterocycles. The van der Waals surface area contributed by atoms with Crippen molar-refractivity contribution in [1.82, 2.24) is 10.2 Å². The molecule has 3 rings (SSSR count). The molecule has 1 N–H and O–H groups in total. The van der Waals surface area contributed by atoms with E-state index in [-0.39, 0.29) is 11.9 Å². The van der Waals surface area contributed by atoms with E-state index in [0.29, 0.717) is 22.9 Å². The predicted octanol–water partition coefficient (Wildman–Crippen LogP) is 3.51. The average Bonchev–Trinajstić information content (AvgIpc) is 3.29. The molecule has 0 radical (unpaired) electrons. The first kappa shape index (κ1) is 16.9. The summed E-state index contributed by atoms with van der Waals surface area (Å²) in [6.07, 6.45) is 4.03. The van der Waals surface area contributed by atoms with Crippen LogP contribution in [-0.2, 0) is 0 Å². The number of benzene rings is 1. The predicted molar refractivity (Wildman–Crippen MR) is 92.6 cm³/mol. The standard InChI is InChI=1S/C18H21ClN2O3/c1-23-16-7-6-13(11-14(16)19)18(22)20-12-15(17-5-4-10-24-17)21-8-2-3-9-21/h4-7,10-11,15H,2-3,8-9,12H2,1H3,(H,20,22)/t15-/m0/s1. The van der Waals surface area contributed by atoms with Gasteiger partial charge in [-0.1, -0.05) is 11.6 Å². The normalized spacial score (nSPS) is 16.1. The molecule has 2 aromatic rings. The van der Waals surface area contributed by atoms with Gasteiger partial charge >= 0.3 is 0 Å². The van der Waals surface area contributed by atoms with E-state index in [0.717, 1.165) is 18.8 Å². The van der Waals surface area contributed by atoms with E-state index in [1.54, 1.807) is 31.6 Å². The number of furan rings is 1. The maximum atomic E-state index is 12.4. The highest BCUT2D eigenvalue weighted by Crippen LogP contribution is 2.26. The number of carbonyl (C=O) groups excluding carboxylic acids is 1. The second kappa shape index (κ2) is 7.73. The minimum atomic E-state index is -0.157. The smallest absolute Gasteiger partial charge is 0.251 e. The van der Waals surface area contributed by atoms with Gasteiger partial charge in [-0.05, 0) is 56.3 Å². The Morgan fingerprint density at radius 2 is 2.17 bits per heavy atom. The number of methoxy groups -OCH3 is 1. The molecule has 1 amide bonds. The Morgan fingerprint density at radius 3 is 2.79 bits per heavy atom. The van der Waals surface area contributed by atoms with Gasteiger partial charge in [0.05, 0.1) is 24.4 Å². The lowest BCUT2D eigenvalue weighted by atomic mass is 10.1. The molecule has 5 nitrogen and oxygen atoms in total. The van der Waals surface area contributed by atoms with Crippen LogP contribution in [0.5, 0.6) is 5.75 Å². The summed E-state index contributed by atoms with van der Waals surface area (Å²) in [5.41, 5.74) is 0.514. The first-order valence-electron chi connectivity index (χ1n) is 8.08. The summed E-state index contributed by atoms with van der Waals surface area (Å²) in [7, 11) is 1.55. The van der Waals surface area contributed by atoms with Gasteiger partial charge in [0.25, 0.3) is 5.91 Å². The van der Waals surface area contributed by atoms with Gasteiger partial charge in [-0.15, -0.1) is 0 Å². The van der Waals surface area contributed by atoms with E-state index >= 15 is 0 Å². The zero-order valence-corrected chi connectivity index (χ0v) is 14.4. The van der Waals surface area contributed by atoms with Crippen molar-refractivity contribution in [1.29, 1.82) is 0 Å². The first-order valence-corrected chi connectivity index (χ1v) is 8.46. The molecule has 1 saturated heterocycles. The third-order valence-electron chi connectivity index (χ3n) is 4.32. The highest BCUT2D eigenvalue weighted by atomic mass is 35.5. The maximum Gasteiger partial charge on any atom is 0.251 e. The number of halogens is 1. The number of nitrogens with one attached hydrogen (secondary N) is 1. The van der Waals surface area contributed by atoms with Crippen LogP contribution in [-0.4, -0.2) is 37.6 Å². The summed E-state index contributed by atoms with van der Waals surface area (Å²) in [4.78, 5) is 14.8. The molecule has 1 aliphatic rings. The lowest BCUT2D eigenvalue weighted by Crippen LogP contribution is -2.36. The van der Waals surface area contributed by atoms with Crippen molar-refractivity contribution in [2.45, 2.75) is 18.9 Å². The zero-order valence-electron chi connectivity index (χ0n) is 13.6. The fraction of sp³-hybridized carbons (Fsp3) is 0.389. The van der Waals surface area contributed by atoms with Crippen molar-refractivity contribution < 1.29 is 13.9 Å². The van der Waals surface area contributed by atoms with Gasteiger partial charge in [0.1, 0.15) is 11.5 Å². The lowest BCUT2D eigenvalue weighted by molar-refractivity contribution is 0.0933. The minimum Gasteiger partial charge on any atom is -0.495 e. The van der Waals surface area contributed by atoms with Crippen LogP contribution in [0.1, 0.15) is 35.0 Å². The molecule has 0 bridgehead atoms. The summed E-state index contributed by atoms with van der Waals surface area (Å²) in [6, 6.07) is 8.91. The molecule has 6 heteroatoms. The highest BCUT2D eigenvalue weighted by molar-refractivity contribution is 6.32. The Labute approximate surface area is 146 Å². The SMILES string of the molecule is COc1ccc(C(=O)NC[C@@H](c2ccco2)N2CCCC2)cc1Cl. The summed E-state index contributed by atoms with van der Waals surface area (Å²) in [5, 5.41) is 3.41. The van der Waals surface area contributed by atoms with Gasteiger partial charge in [0.2, 0.25) is 0 Å². The second-order valence-electron chi connectivity index (χ2n) is 5.83. The van der Waals surface area contributed by atoms with Gasteiger partial charge in [-0.25, -0.2) is 0 Å². The molecule has 0 aliphatic carbocycles. The van der Waals surface area contributed by atoms with E-state index in [9.17, 15) is 4.79 Å². The fourth-order valence-electron chi connectivity index (χ4n) is 3.04. The number of rotatable bonds is 6. The number of likely N-dealkylation sites (tertiary alicyclic amines) is 1. The summed E-state index contributed by atoms with van der Waals surface area (Å²) >= 11 is 6.09. The number of carbonyl (C=O) groups is 1. The molecule has 0 saturated carbocycles. The quantitative estimate of drug-likeness (QED) is 0.868. The van der Waals surface area contributed by atoms with Crippen LogP contribution >= 0.6 is 11.6 Å². The van der Waals surface area contributed by atoms with E-state index in [1.165, 1.54) is 12.8 Å². The van der Waals surface area contributed by atoms with Crippen LogP contribution in [0.25, 0.3) is 0 Å². The Bertz CT molecular complexity index is 682. The molecule has 1 aromatic carbocycles. The van der Waals surface area contributed by atoms with Gasteiger partial charge in [0, 0.05) is 12.1 Å². The van der Waals surface area contributed by atoms with Crippen molar-refractivity contribution in [2.24, 2.45) is 0 Å². The summed E-state index contributed by atoms with van der Waals surface area (Å²) in [6.45, 7) is 2.54. The van der Waals surface area contributed by atoms with Crippen molar-refractivity contribution >= 4 is 17.5 Å². The molecule has 0 spiro atoms. The Balaban J connectivity index is 1.67. The van der Waals surface area contributed by atoms with Crippen LogP contribution in [0.15, 0.2) is 41.0 Å². The number of hydrogen-bond donors (Lipinski definition) is 1. The van der Waals surface area contributed by atoms with E-state index in [4.69, 9.17) is 20.8 Å². The molecular formula is C18H21ClN2O3. The topological polar surface area (TPSA) is 54.7 Å². The maximum absolute atomic E-state index is 12.4. The van der Waals surface area contributed by atoms with Crippen molar-refractivity contribution in [3.05, 3.63) is 52.9 Å². The number of hydrogen-bond acceptors (Lipinski definition) is 4. The average molecular weight is 349 g/mol. The Kier molecular flexibility index (Phi) is 5.43. The third-order valence-corrected chi connectivity index (χ3v) is 4.62. The van der Waals surface area contributed by atoms with E-state index in [2.05, 4.69) is 10.2 Å². The van der Waals surface area contributed by atoms with Crippen LogP contribution in [0.4, 0.5) is 0 Å². The molecule has 0 unspecified atom stereocenters. The lowest BCUT2D eigenvalue weighted by Gasteiger charge is -2.26. The largest absolute Gasteiger partial charge is 0.495 e. The van der Waals surface area contributed by atoms with Crippen molar-refractivity contribution in [3.8, 4) is 5.75 Å². The van der Waals surface area contributed by atoms with Crippen LogP contribution in [0.3, 0.4) is 0 Å². The Morgan fingerprint density at radius 1 is 1.38 bits per heavy atom. The number of amides is 1. The van der Waals surface area contributed by atoms with Crippen LogP contribution in [0.2, 0.25) is 5.02 Å². The van der Waals surface area contributed by atoms with Gasteiger partial charge in [-0.3, -0.25) is 9.69 Å². The fourth-order valence-corrected chi connectivity index (χ4v) is 3.30. The summed E-state index contributed by atoms with van der Waals surface area (Å²) in [5.74, 6) is 1.28. The van der Waals surface area contributed by atoms with Crippen molar-refractivity contribution in [3.63, 3.8) is 0 Å². The van der Waals surface area contributed by atoms with E-state index < -0.39 is 0 Å². The zero-order chi connectivity index (χ0) is 16.9. The highest BCUT2D eigenvalue weighted by Gasteiger charge is 2.26.